The molecule has 1 rings (SSSR count). The average Bonchev–Trinajstić information content (AvgIpc) is 2.31. The fourth-order valence-corrected chi connectivity index (χ4v) is 3.52. The van der Waals surface area contributed by atoms with Gasteiger partial charge in [0, 0.05) is 11.6 Å². The summed E-state index contributed by atoms with van der Waals surface area (Å²) in [5.41, 5.74) is 0.277. The molecule has 0 N–H and O–H groups in total. The van der Waals surface area contributed by atoms with Crippen LogP contribution >= 0.6 is 29.7 Å². The van der Waals surface area contributed by atoms with E-state index in [1.807, 2.05) is 13.3 Å². The minimum atomic E-state index is -1.94. The normalized spacial score (nSPS) is 25.7. The van der Waals surface area contributed by atoms with Gasteiger partial charge < -0.3 is 4.57 Å². The van der Waals surface area contributed by atoms with Crippen molar-refractivity contribution in [3.05, 3.63) is 21.8 Å². The summed E-state index contributed by atoms with van der Waals surface area (Å²) in [5.74, 6) is 0.395. The maximum Gasteiger partial charge on any atom is 0.0854 e. The van der Waals surface area contributed by atoms with Gasteiger partial charge in [0.1, 0.15) is 0 Å². The van der Waals surface area contributed by atoms with E-state index < -0.39 is 7.14 Å². The Morgan fingerprint density at radius 3 is 2.50 bits per heavy atom. The third-order valence-electron chi connectivity index (χ3n) is 2.39. The lowest BCUT2D eigenvalue weighted by molar-refractivity contribution is 0.567. The minimum Gasteiger partial charge on any atom is -0.324 e. The maximum absolute atomic E-state index is 11.8. The molecular formula is C9H14IOP. The summed E-state index contributed by atoms with van der Waals surface area (Å²) in [6.45, 7) is 5.81. The van der Waals surface area contributed by atoms with E-state index in [4.69, 9.17) is 0 Å². The van der Waals surface area contributed by atoms with Crippen molar-refractivity contribution in [1.29, 1.82) is 0 Å². The molecular weight excluding hydrogens is 282 g/mol. The van der Waals surface area contributed by atoms with Crippen LogP contribution in [0.5, 0.6) is 0 Å². The van der Waals surface area contributed by atoms with Gasteiger partial charge in [-0.1, -0.05) is 25.2 Å². The van der Waals surface area contributed by atoms with E-state index >= 15 is 0 Å². The molecule has 0 saturated carbocycles. The van der Waals surface area contributed by atoms with Crippen LogP contribution in [0.4, 0.5) is 0 Å². The van der Waals surface area contributed by atoms with Crippen LogP contribution in [0.15, 0.2) is 21.8 Å². The largest absolute Gasteiger partial charge is 0.324 e. The summed E-state index contributed by atoms with van der Waals surface area (Å²) < 4.78 is 13.1. The molecule has 1 aliphatic carbocycles. The zero-order chi connectivity index (χ0) is 9.35. The van der Waals surface area contributed by atoms with E-state index in [1.54, 1.807) is 0 Å². The van der Waals surface area contributed by atoms with Crippen LogP contribution in [0.3, 0.4) is 0 Å². The van der Waals surface area contributed by atoms with Crippen molar-refractivity contribution in [3.8, 4) is 0 Å². The highest BCUT2D eigenvalue weighted by molar-refractivity contribution is 14.1. The summed E-state index contributed by atoms with van der Waals surface area (Å²) in [6.07, 6.45) is 6.29. The molecule has 1 aliphatic rings. The molecule has 1 nitrogen and oxygen atoms in total. The van der Waals surface area contributed by atoms with Gasteiger partial charge in [0.05, 0.1) is 7.14 Å². The van der Waals surface area contributed by atoms with Crippen LogP contribution in [0.1, 0.15) is 6.92 Å². The smallest absolute Gasteiger partial charge is 0.0854 e. The predicted octanol–water partition coefficient (Wildman–Crippen LogP) is 3.50. The molecule has 2 atom stereocenters. The van der Waals surface area contributed by atoms with Crippen LogP contribution in [0.2, 0.25) is 0 Å². The topological polar surface area (TPSA) is 17.1 Å². The Labute approximate surface area is 87.8 Å². The van der Waals surface area contributed by atoms with Gasteiger partial charge in [0.25, 0.3) is 0 Å². The summed E-state index contributed by atoms with van der Waals surface area (Å²) in [7, 11) is -1.94. The molecule has 0 fully saturated rings. The summed E-state index contributed by atoms with van der Waals surface area (Å²) in [6, 6.07) is 0. The van der Waals surface area contributed by atoms with E-state index in [0.717, 1.165) is 0 Å². The van der Waals surface area contributed by atoms with Crippen molar-refractivity contribution in [1.82, 2.24) is 0 Å². The van der Waals surface area contributed by atoms with E-state index in [1.165, 1.54) is 3.58 Å². The first kappa shape index (κ1) is 10.5. The quantitative estimate of drug-likeness (QED) is 0.563. The molecule has 0 bridgehead atoms. The van der Waals surface area contributed by atoms with Crippen molar-refractivity contribution >= 4 is 29.7 Å². The van der Waals surface area contributed by atoms with Gasteiger partial charge in [-0.05, 0) is 39.5 Å². The lowest BCUT2D eigenvalue weighted by Gasteiger charge is -2.22. The van der Waals surface area contributed by atoms with E-state index in [9.17, 15) is 4.57 Å². The summed E-state index contributed by atoms with van der Waals surface area (Å²) >= 11 is 2.33. The Morgan fingerprint density at radius 2 is 2.17 bits per heavy atom. The highest BCUT2D eigenvalue weighted by atomic mass is 127. The first-order valence-corrected chi connectivity index (χ1v) is 7.76. The van der Waals surface area contributed by atoms with Crippen molar-refractivity contribution in [2.45, 2.75) is 12.6 Å². The molecule has 0 spiro atoms. The lowest BCUT2D eigenvalue weighted by atomic mass is 10.1. The van der Waals surface area contributed by atoms with Crippen LogP contribution in [-0.2, 0) is 4.57 Å². The van der Waals surface area contributed by atoms with Crippen molar-refractivity contribution < 1.29 is 4.57 Å². The minimum absolute atomic E-state index is 0.277. The number of rotatable bonds is 2. The molecule has 12 heavy (non-hydrogen) atoms. The zero-order valence-corrected chi connectivity index (χ0v) is 10.7. The third-order valence-corrected chi connectivity index (χ3v) is 5.75. The number of halogens is 1. The van der Waals surface area contributed by atoms with Gasteiger partial charge >= 0.3 is 0 Å². The molecule has 0 aromatic carbocycles. The van der Waals surface area contributed by atoms with Gasteiger partial charge in [-0.15, -0.1) is 0 Å². The van der Waals surface area contributed by atoms with Gasteiger partial charge in [-0.3, -0.25) is 0 Å². The molecule has 0 saturated heterocycles. The molecule has 0 aromatic heterocycles. The van der Waals surface area contributed by atoms with Gasteiger partial charge in [-0.2, -0.15) is 0 Å². The maximum atomic E-state index is 11.8. The van der Waals surface area contributed by atoms with E-state index in [0.29, 0.717) is 5.92 Å². The lowest BCUT2D eigenvalue weighted by Crippen LogP contribution is -2.13. The first-order valence-electron chi connectivity index (χ1n) is 4.01. The highest BCUT2D eigenvalue weighted by Gasteiger charge is 2.28. The van der Waals surface area contributed by atoms with Gasteiger partial charge in [0.2, 0.25) is 0 Å². The van der Waals surface area contributed by atoms with Gasteiger partial charge in [0.15, 0.2) is 0 Å². The molecule has 0 radical (unpaired) electrons. The molecule has 3 heteroatoms. The highest BCUT2D eigenvalue weighted by Crippen LogP contribution is 2.49. The van der Waals surface area contributed by atoms with Gasteiger partial charge in [-0.25, -0.2) is 0 Å². The van der Waals surface area contributed by atoms with E-state index in [2.05, 4.69) is 47.7 Å². The Hall–Kier alpha value is 0.440. The number of hydrogen-bond acceptors (Lipinski definition) is 1. The van der Waals surface area contributed by atoms with Crippen LogP contribution in [0.25, 0.3) is 0 Å². The summed E-state index contributed by atoms with van der Waals surface area (Å²) in [5, 5.41) is 0. The standard InChI is InChI=1S/C9H14IOP/c1-7(12(2,3)11)8-5-4-6-9(8)10/h4-8H,1-3H3/t7-,8?/m1/s1. The van der Waals surface area contributed by atoms with Crippen molar-refractivity contribution in [2.75, 3.05) is 13.3 Å². The second kappa shape index (κ2) is 3.67. The van der Waals surface area contributed by atoms with Crippen LogP contribution in [0, 0.1) is 5.92 Å². The fraction of sp³-hybridized carbons (Fsp3) is 0.556. The SMILES string of the molecule is C[C@H](C1C=CC=C1I)P(C)(C)=O. The summed E-state index contributed by atoms with van der Waals surface area (Å²) in [4.78, 5) is 0. The molecule has 0 aliphatic heterocycles. The zero-order valence-electron chi connectivity index (χ0n) is 7.62. The first-order chi connectivity index (χ1) is 5.43. The number of hydrogen-bond donors (Lipinski definition) is 0. The Morgan fingerprint density at radius 1 is 1.58 bits per heavy atom. The molecule has 0 heterocycles. The van der Waals surface area contributed by atoms with Crippen molar-refractivity contribution in [2.24, 2.45) is 5.92 Å². The van der Waals surface area contributed by atoms with Crippen LogP contribution in [-0.4, -0.2) is 19.0 Å². The van der Waals surface area contributed by atoms with Crippen LogP contribution < -0.4 is 0 Å². The fourth-order valence-electron chi connectivity index (χ4n) is 1.25. The molecule has 0 aromatic rings. The Bertz CT molecular complexity index is 274. The Kier molecular flexibility index (Phi) is 3.21. The Balaban J connectivity index is 2.79. The second-order valence-electron chi connectivity index (χ2n) is 3.64. The van der Waals surface area contributed by atoms with E-state index in [-0.39, 0.29) is 5.66 Å². The molecule has 1 unspecified atom stereocenters. The number of allylic oxidation sites excluding steroid dienone is 4. The molecule has 68 valence electrons. The predicted molar refractivity (Wildman–Crippen MR) is 63.6 cm³/mol. The van der Waals surface area contributed by atoms with Crippen molar-refractivity contribution in [3.63, 3.8) is 0 Å². The second-order valence-corrected chi connectivity index (χ2v) is 8.57. The molecule has 0 amide bonds. The monoisotopic (exact) mass is 296 g/mol. The average molecular weight is 296 g/mol. The third kappa shape index (κ3) is 2.23.